The Labute approximate surface area is 189 Å². The van der Waals surface area contributed by atoms with Crippen LogP contribution in [0.1, 0.15) is 25.6 Å². The zero-order chi connectivity index (χ0) is 23.3. The van der Waals surface area contributed by atoms with Crippen molar-refractivity contribution >= 4 is 57.7 Å². The Balaban J connectivity index is 1.84. The van der Waals surface area contributed by atoms with Gasteiger partial charge in [-0.25, -0.2) is 19.1 Å². The lowest BCUT2D eigenvalue weighted by atomic mass is 10.1. The van der Waals surface area contributed by atoms with Crippen molar-refractivity contribution in [3.8, 4) is 0 Å². The molecule has 3 rings (SSSR count). The molecule has 0 aliphatic heterocycles. The summed E-state index contributed by atoms with van der Waals surface area (Å²) in [6.45, 7) is 0. The van der Waals surface area contributed by atoms with Crippen LogP contribution in [0.5, 0.6) is 0 Å². The molecule has 0 aromatic carbocycles. The highest BCUT2D eigenvalue weighted by molar-refractivity contribution is 7.99. The van der Waals surface area contributed by atoms with Crippen molar-refractivity contribution in [1.29, 1.82) is 0 Å². The number of esters is 3. The number of thioether (sulfide) groups is 1. The summed E-state index contributed by atoms with van der Waals surface area (Å²) in [6.07, 6.45) is 2.86. The first-order valence-electron chi connectivity index (χ1n) is 8.87. The van der Waals surface area contributed by atoms with Crippen LogP contribution in [0, 0.1) is 0 Å². The third kappa shape index (κ3) is 5.03. The quantitative estimate of drug-likeness (QED) is 0.282. The number of anilines is 1. The monoisotopic (exact) mass is 479 g/mol. The van der Waals surface area contributed by atoms with Gasteiger partial charge in [-0.3, -0.25) is 9.59 Å². The number of carbonyl (C=O) groups excluding carboxylic acids is 4. The minimum absolute atomic E-state index is 0.0191. The van der Waals surface area contributed by atoms with Crippen molar-refractivity contribution in [1.82, 2.24) is 19.6 Å². The lowest BCUT2D eigenvalue weighted by molar-refractivity contribution is -0.139. The van der Waals surface area contributed by atoms with Gasteiger partial charge in [0.25, 0.3) is 5.78 Å². The minimum Gasteiger partial charge on any atom is -0.469 e. The molecule has 0 aliphatic carbocycles. The number of thiophene rings is 1. The van der Waals surface area contributed by atoms with Gasteiger partial charge in [-0.15, -0.1) is 16.4 Å². The number of carbonyl (C=O) groups is 4. The number of methoxy groups -OCH3 is 3. The lowest BCUT2D eigenvalue weighted by Gasteiger charge is -2.07. The molecule has 0 radical (unpaired) electrons. The van der Waals surface area contributed by atoms with Crippen LogP contribution in [0.2, 0.25) is 0 Å². The average molecular weight is 479 g/mol. The summed E-state index contributed by atoms with van der Waals surface area (Å²) in [5, 5.41) is 7.15. The van der Waals surface area contributed by atoms with Gasteiger partial charge >= 0.3 is 17.9 Å². The summed E-state index contributed by atoms with van der Waals surface area (Å²) in [7, 11) is 3.48. The zero-order valence-electron chi connectivity index (χ0n) is 17.1. The Morgan fingerprint density at radius 2 is 1.88 bits per heavy atom. The van der Waals surface area contributed by atoms with E-state index < -0.39 is 23.8 Å². The van der Waals surface area contributed by atoms with Crippen molar-refractivity contribution in [2.45, 2.75) is 11.6 Å². The van der Waals surface area contributed by atoms with E-state index in [9.17, 15) is 19.2 Å². The molecule has 0 saturated carbocycles. The first-order chi connectivity index (χ1) is 15.4. The summed E-state index contributed by atoms with van der Waals surface area (Å²) in [4.78, 5) is 57.2. The van der Waals surface area contributed by atoms with Gasteiger partial charge in [0, 0.05) is 18.0 Å². The second-order valence-corrected chi connectivity index (χ2v) is 7.91. The third-order valence-corrected chi connectivity index (χ3v) is 5.96. The van der Waals surface area contributed by atoms with E-state index in [4.69, 9.17) is 9.47 Å². The Morgan fingerprint density at radius 3 is 2.53 bits per heavy atom. The van der Waals surface area contributed by atoms with Gasteiger partial charge in [0.1, 0.15) is 9.88 Å². The van der Waals surface area contributed by atoms with Crippen molar-refractivity contribution < 1.29 is 33.4 Å². The van der Waals surface area contributed by atoms with Crippen LogP contribution in [0.4, 0.5) is 5.00 Å². The van der Waals surface area contributed by atoms with Crippen molar-refractivity contribution in [3.63, 3.8) is 0 Å². The smallest absolute Gasteiger partial charge is 0.348 e. The van der Waals surface area contributed by atoms with E-state index in [1.807, 2.05) is 0 Å². The molecule has 12 nitrogen and oxygen atoms in total. The van der Waals surface area contributed by atoms with Crippen LogP contribution in [0.15, 0.2) is 23.6 Å². The van der Waals surface area contributed by atoms with E-state index in [1.54, 1.807) is 18.5 Å². The van der Waals surface area contributed by atoms with Crippen molar-refractivity contribution in [2.24, 2.45) is 0 Å². The number of fused-ring (bicyclic) bond motifs is 1. The fraction of sp³-hybridized carbons (Fsp3) is 0.278. The normalized spacial score (nSPS) is 10.6. The van der Waals surface area contributed by atoms with Gasteiger partial charge in [-0.1, -0.05) is 11.8 Å². The maximum absolute atomic E-state index is 12.5. The van der Waals surface area contributed by atoms with Crippen LogP contribution in [0.3, 0.4) is 0 Å². The third-order valence-electron chi connectivity index (χ3n) is 4.00. The van der Waals surface area contributed by atoms with Crippen molar-refractivity contribution in [3.05, 3.63) is 34.5 Å². The highest BCUT2D eigenvalue weighted by Crippen LogP contribution is 2.35. The fourth-order valence-electron chi connectivity index (χ4n) is 2.58. The van der Waals surface area contributed by atoms with Crippen LogP contribution >= 0.6 is 23.1 Å². The second-order valence-electron chi connectivity index (χ2n) is 5.95. The number of ether oxygens (including phenoxy) is 3. The molecule has 0 unspecified atom stereocenters. The minimum atomic E-state index is -0.827. The summed E-state index contributed by atoms with van der Waals surface area (Å²) in [5.41, 5.74) is -0.0618. The van der Waals surface area contributed by atoms with Gasteiger partial charge in [-0.05, 0) is 6.07 Å². The molecule has 32 heavy (non-hydrogen) atoms. The molecule has 0 atom stereocenters. The van der Waals surface area contributed by atoms with E-state index in [0.29, 0.717) is 10.9 Å². The molecule has 0 aliphatic rings. The largest absolute Gasteiger partial charge is 0.469 e. The maximum Gasteiger partial charge on any atom is 0.348 e. The highest BCUT2D eigenvalue weighted by Gasteiger charge is 2.30. The standard InChI is InChI=1S/C18H17N5O7S2/c1-28-11(25)7-9-12(15(26)29-2)14(32-13(9)16(27)30-3)20-10(24)8-31-18-21-17-19-5-4-6-23(17)22-18/h4-6H,7-8H2,1-3H3,(H,20,24). The SMILES string of the molecule is COC(=O)Cc1c(C(=O)OC)sc(NC(=O)CSc2nc3ncccn3n2)c1C(=O)OC. The molecule has 0 bridgehead atoms. The Bertz CT molecular complexity index is 1160. The lowest BCUT2D eigenvalue weighted by Crippen LogP contribution is -2.17. The molecule has 0 spiro atoms. The number of aromatic nitrogens is 4. The Morgan fingerprint density at radius 1 is 1.12 bits per heavy atom. The summed E-state index contributed by atoms with van der Waals surface area (Å²) in [5.74, 6) is -2.47. The van der Waals surface area contributed by atoms with Gasteiger partial charge in [0.2, 0.25) is 11.1 Å². The van der Waals surface area contributed by atoms with E-state index in [2.05, 4.69) is 25.1 Å². The van der Waals surface area contributed by atoms with E-state index in [-0.39, 0.29) is 33.2 Å². The van der Waals surface area contributed by atoms with Crippen LogP contribution in [-0.4, -0.2) is 70.5 Å². The molecular weight excluding hydrogens is 462 g/mol. The first-order valence-corrected chi connectivity index (χ1v) is 10.7. The number of nitrogens with one attached hydrogen (secondary N) is 1. The second kappa shape index (κ2) is 10.2. The molecule has 3 aromatic rings. The highest BCUT2D eigenvalue weighted by atomic mass is 32.2. The molecular formula is C18H17N5O7S2. The number of amides is 1. The first kappa shape index (κ1) is 23.1. The van der Waals surface area contributed by atoms with Crippen LogP contribution in [-0.2, 0) is 30.2 Å². The zero-order valence-corrected chi connectivity index (χ0v) is 18.7. The number of nitrogens with zero attached hydrogens (tertiary/aromatic N) is 4. The maximum atomic E-state index is 12.5. The van der Waals surface area contributed by atoms with Gasteiger partial charge in [0.05, 0.1) is 39.1 Å². The number of hydrogen-bond acceptors (Lipinski definition) is 12. The molecule has 1 amide bonds. The van der Waals surface area contributed by atoms with Crippen molar-refractivity contribution in [2.75, 3.05) is 32.4 Å². The predicted octanol–water partition coefficient (Wildman–Crippen LogP) is 1.21. The fourth-order valence-corrected chi connectivity index (χ4v) is 4.35. The summed E-state index contributed by atoms with van der Waals surface area (Å²) in [6, 6.07) is 1.69. The molecule has 3 heterocycles. The number of rotatable bonds is 8. The van der Waals surface area contributed by atoms with E-state index >= 15 is 0 Å². The van der Waals surface area contributed by atoms with E-state index in [1.165, 1.54) is 11.6 Å². The summed E-state index contributed by atoms with van der Waals surface area (Å²) >= 11 is 1.86. The predicted molar refractivity (Wildman–Crippen MR) is 113 cm³/mol. The molecule has 168 valence electrons. The van der Waals surface area contributed by atoms with E-state index in [0.717, 1.165) is 37.3 Å². The van der Waals surface area contributed by atoms with Gasteiger partial charge < -0.3 is 19.5 Å². The van der Waals surface area contributed by atoms with Crippen LogP contribution < -0.4 is 5.32 Å². The molecule has 1 N–H and O–H groups in total. The van der Waals surface area contributed by atoms with Gasteiger partial charge in [-0.2, -0.15) is 4.98 Å². The number of hydrogen-bond donors (Lipinski definition) is 1. The Kier molecular flexibility index (Phi) is 7.37. The van der Waals surface area contributed by atoms with Gasteiger partial charge in [0.15, 0.2) is 0 Å². The summed E-state index contributed by atoms with van der Waals surface area (Å²) < 4.78 is 15.6. The average Bonchev–Trinajstić information content (AvgIpc) is 3.37. The molecule has 3 aromatic heterocycles. The molecule has 0 saturated heterocycles. The Hall–Kier alpha value is -3.52. The molecule has 0 fully saturated rings. The topological polar surface area (TPSA) is 151 Å². The molecule has 14 heteroatoms. The van der Waals surface area contributed by atoms with Crippen LogP contribution in [0.25, 0.3) is 5.78 Å².